The highest BCUT2D eigenvalue weighted by atomic mass is 15.3. The fourth-order valence-corrected chi connectivity index (χ4v) is 6.82. The van der Waals surface area contributed by atoms with Crippen LogP contribution in [-0.2, 0) is 0 Å². The van der Waals surface area contributed by atoms with Gasteiger partial charge < -0.3 is 9.13 Å². The maximum absolute atomic E-state index is 5.21. The molecule has 1 aliphatic heterocycles. The minimum atomic E-state index is 0.208. The van der Waals surface area contributed by atoms with Crippen LogP contribution < -0.4 is 4.90 Å². The van der Waals surface area contributed by atoms with E-state index in [2.05, 4.69) is 154 Å². The molecule has 0 N–H and O–H groups in total. The standard InChI is InChI=1S/C37H26N4/c1-3-12-26(13-4-1)40-32-19-9-7-16-28(32)30-24-25-22-23-39(34-21-11-17-29(35(25)34)36(30)40)37-38-31-18-8-10-20-33(31)41(37)27-14-5-2-6-15-27/h1-14,16-24,27H,15H2. The number of aromatic nitrogens is 3. The van der Waals surface area contributed by atoms with Gasteiger partial charge in [-0.3, -0.25) is 4.90 Å². The van der Waals surface area contributed by atoms with Crippen LogP contribution in [0.25, 0.3) is 55.4 Å². The summed E-state index contributed by atoms with van der Waals surface area (Å²) >= 11 is 0. The van der Waals surface area contributed by atoms with Crippen molar-refractivity contribution in [3.8, 4) is 5.69 Å². The van der Waals surface area contributed by atoms with Gasteiger partial charge in [0.15, 0.2) is 0 Å². The molecule has 9 rings (SSSR count). The molecular weight excluding hydrogens is 500 g/mol. The second kappa shape index (κ2) is 8.57. The van der Waals surface area contributed by atoms with Gasteiger partial charge in [-0.1, -0.05) is 85.0 Å². The lowest BCUT2D eigenvalue weighted by Crippen LogP contribution is -2.19. The molecule has 7 aromatic rings. The summed E-state index contributed by atoms with van der Waals surface area (Å²) in [7, 11) is 0. The van der Waals surface area contributed by atoms with Gasteiger partial charge in [-0.05, 0) is 60.5 Å². The number of allylic oxidation sites excluding steroid dienone is 4. The number of hydrogen-bond acceptors (Lipinski definition) is 2. The smallest absolute Gasteiger partial charge is 0.215 e. The van der Waals surface area contributed by atoms with Crippen LogP contribution in [0.4, 0.5) is 11.6 Å². The van der Waals surface area contributed by atoms with E-state index in [0.717, 1.165) is 29.1 Å². The van der Waals surface area contributed by atoms with E-state index in [9.17, 15) is 0 Å². The SMILES string of the molecule is C1=CCC(n2c(N3C=Cc4cc5c6ccccc6n(-c6ccccc6)c5c5cccc3c45)nc3ccccc32)C=C1. The number of nitrogens with zero attached hydrogens (tertiary/aromatic N) is 4. The van der Waals surface area contributed by atoms with Crippen molar-refractivity contribution >= 4 is 61.3 Å². The first-order valence-electron chi connectivity index (χ1n) is 14.2. The summed E-state index contributed by atoms with van der Waals surface area (Å²) in [6.07, 6.45) is 14.2. The van der Waals surface area contributed by atoms with Crippen molar-refractivity contribution in [2.75, 3.05) is 4.90 Å². The van der Waals surface area contributed by atoms with Crippen LogP contribution in [0.1, 0.15) is 18.0 Å². The molecule has 4 nitrogen and oxygen atoms in total. The van der Waals surface area contributed by atoms with E-state index in [4.69, 9.17) is 4.98 Å². The predicted octanol–water partition coefficient (Wildman–Crippen LogP) is 9.47. The summed E-state index contributed by atoms with van der Waals surface area (Å²) in [5.74, 6) is 0.939. The topological polar surface area (TPSA) is 26.0 Å². The third-order valence-corrected chi connectivity index (χ3v) is 8.56. The van der Waals surface area contributed by atoms with Gasteiger partial charge in [0.05, 0.1) is 33.8 Å². The van der Waals surface area contributed by atoms with Gasteiger partial charge in [-0.25, -0.2) is 4.98 Å². The van der Waals surface area contributed by atoms with E-state index in [1.54, 1.807) is 0 Å². The number of benzene rings is 5. The number of hydrogen-bond donors (Lipinski definition) is 0. The zero-order chi connectivity index (χ0) is 26.9. The maximum Gasteiger partial charge on any atom is 0.215 e. The van der Waals surface area contributed by atoms with Gasteiger partial charge in [0.25, 0.3) is 0 Å². The fourth-order valence-electron chi connectivity index (χ4n) is 6.82. The zero-order valence-corrected chi connectivity index (χ0v) is 22.4. The van der Waals surface area contributed by atoms with Gasteiger partial charge in [-0.2, -0.15) is 0 Å². The van der Waals surface area contributed by atoms with Crippen LogP contribution in [-0.4, -0.2) is 14.1 Å². The summed E-state index contributed by atoms with van der Waals surface area (Å²) < 4.78 is 4.81. The lowest BCUT2D eigenvalue weighted by Gasteiger charge is -2.29. The van der Waals surface area contributed by atoms with Crippen LogP contribution in [0.15, 0.2) is 134 Å². The van der Waals surface area contributed by atoms with Crippen molar-refractivity contribution in [1.82, 2.24) is 14.1 Å². The molecule has 0 bridgehead atoms. The van der Waals surface area contributed by atoms with Gasteiger partial charge in [-0.15, -0.1) is 0 Å². The Kier molecular flexibility index (Phi) is 4.70. The van der Waals surface area contributed by atoms with Gasteiger partial charge >= 0.3 is 0 Å². The average molecular weight is 527 g/mol. The van der Waals surface area contributed by atoms with Crippen LogP contribution >= 0.6 is 0 Å². The molecule has 1 aliphatic carbocycles. The Balaban J connectivity index is 1.35. The first-order chi connectivity index (χ1) is 20.4. The van der Waals surface area contributed by atoms with E-state index in [1.165, 1.54) is 43.8 Å². The molecule has 2 aromatic heterocycles. The lowest BCUT2D eigenvalue weighted by atomic mass is 9.96. The van der Waals surface area contributed by atoms with E-state index in [1.807, 2.05) is 0 Å². The molecular formula is C37H26N4. The zero-order valence-electron chi connectivity index (χ0n) is 22.4. The second-order valence-corrected chi connectivity index (χ2v) is 10.8. The van der Waals surface area contributed by atoms with Gasteiger partial charge in [0, 0.05) is 33.4 Å². The number of anilines is 2. The fraction of sp³-hybridized carbons (Fsp3) is 0.0541. The highest BCUT2D eigenvalue weighted by Crippen LogP contribution is 2.45. The second-order valence-electron chi connectivity index (χ2n) is 10.8. The van der Waals surface area contributed by atoms with Crippen LogP contribution in [0.5, 0.6) is 0 Å². The van der Waals surface area contributed by atoms with Crippen molar-refractivity contribution in [3.63, 3.8) is 0 Å². The van der Waals surface area contributed by atoms with Gasteiger partial charge in [0.2, 0.25) is 5.95 Å². The highest BCUT2D eigenvalue weighted by Gasteiger charge is 2.27. The molecule has 0 fully saturated rings. The van der Waals surface area contributed by atoms with Crippen LogP contribution in [0.2, 0.25) is 0 Å². The molecule has 194 valence electrons. The summed E-state index contributed by atoms with van der Waals surface area (Å²) in [6, 6.07) is 37.2. The van der Waals surface area contributed by atoms with Crippen molar-refractivity contribution in [3.05, 3.63) is 139 Å². The predicted molar refractivity (Wildman–Crippen MR) is 171 cm³/mol. The molecule has 5 aromatic carbocycles. The number of imidazole rings is 1. The van der Waals surface area contributed by atoms with Gasteiger partial charge in [0.1, 0.15) is 0 Å². The highest BCUT2D eigenvalue weighted by molar-refractivity contribution is 6.23. The molecule has 0 radical (unpaired) electrons. The average Bonchev–Trinajstić information content (AvgIpc) is 3.59. The molecule has 0 spiro atoms. The molecule has 1 atom stereocenters. The number of rotatable bonds is 3. The first-order valence-corrected chi connectivity index (χ1v) is 14.2. The number of para-hydroxylation sites is 4. The maximum atomic E-state index is 5.21. The molecule has 2 aliphatic rings. The van der Waals surface area contributed by atoms with Crippen molar-refractivity contribution in [2.45, 2.75) is 12.5 Å². The Morgan fingerprint density at radius 1 is 0.707 bits per heavy atom. The summed E-state index contributed by atoms with van der Waals surface area (Å²) in [6.45, 7) is 0. The van der Waals surface area contributed by atoms with Crippen molar-refractivity contribution < 1.29 is 0 Å². The Morgan fingerprint density at radius 3 is 2.39 bits per heavy atom. The lowest BCUT2D eigenvalue weighted by molar-refractivity contribution is 0.626. The van der Waals surface area contributed by atoms with Crippen LogP contribution in [0, 0.1) is 0 Å². The van der Waals surface area contributed by atoms with E-state index in [-0.39, 0.29) is 6.04 Å². The molecule has 41 heavy (non-hydrogen) atoms. The molecule has 1 unspecified atom stereocenters. The van der Waals surface area contributed by atoms with E-state index >= 15 is 0 Å². The third kappa shape index (κ3) is 3.19. The normalized spacial score (nSPS) is 16.1. The summed E-state index contributed by atoms with van der Waals surface area (Å²) in [5, 5.41) is 5.03. The van der Waals surface area contributed by atoms with Crippen LogP contribution in [0.3, 0.4) is 0 Å². The minimum Gasteiger partial charge on any atom is -0.309 e. The molecule has 0 saturated carbocycles. The largest absolute Gasteiger partial charge is 0.309 e. The van der Waals surface area contributed by atoms with E-state index < -0.39 is 0 Å². The van der Waals surface area contributed by atoms with Crippen molar-refractivity contribution in [2.24, 2.45) is 0 Å². The van der Waals surface area contributed by atoms with E-state index in [0.29, 0.717) is 0 Å². The molecule has 0 amide bonds. The first kappa shape index (κ1) is 22.5. The Bertz CT molecular complexity index is 2240. The van der Waals surface area contributed by atoms with Crippen molar-refractivity contribution in [1.29, 1.82) is 0 Å². The Morgan fingerprint density at radius 2 is 1.51 bits per heavy atom. The summed E-state index contributed by atoms with van der Waals surface area (Å²) in [4.78, 5) is 7.49. The summed E-state index contributed by atoms with van der Waals surface area (Å²) in [5.41, 5.74) is 8.17. The monoisotopic (exact) mass is 526 g/mol. The quantitative estimate of drug-likeness (QED) is 0.229. The molecule has 0 saturated heterocycles. The molecule has 4 heteroatoms. The molecule has 3 heterocycles. The third-order valence-electron chi connectivity index (χ3n) is 8.56. The Hall–Kier alpha value is -5.35. The number of fused-ring (bicyclic) bond motifs is 5. The minimum absolute atomic E-state index is 0.208. The Labute approximate surface area is 237 Å².